The lowest BCUT2D eigenvalue weighted by molar-refractivity contribution is -0.385. The SMILES string of the molecule is CCN1CCOC(CNc2ncc([N+](=O)[O-])cn2)C1. The maximum atomic E-state index is 10.5. The molecule has 8 heteroatoms. The van der Waals surface area contributed by atoms with Crippen LogP contribution in [0.4, 0.5) is 11.6 Å². The zero-order chi connectivity index (χ0) is 13.7. The number of nitrogens with zero attached hydrogens (tertiary/aromatic N) is 4. The second-order valence-corrected chi connectivity index (χ2v) is 4.29. The van der Waals surface area contributed by atoms with Gasteiger partial charge in [-0.05, 0) is 6.54 Å². The van der Waals surface area contributed by atoms with E-state index in [2.05, 4.69) is 27.1 Å². The molecule has 1 N–H and O–H groups in total. The van der Waals surface area contributed by atoms with Gasteiger partial charge in [0, 0.05) is 19.6 Å². The predicted octanol–water partition coefficient (Wildman–Crippen LogP) is 0.517. The molecule has 1 aliphatic heterocycles. The molecule has 0 spiro atoms. The van der Waals surface area contributed by atoms with Gasteiger partial charge in [-0.25, -0.2) is 9.97 Å². The van der Waals surface area contributed by atoms with Crippen molar-refractivity contribution in [3.63, 3.8) is 0 Å². The minimum absolute atomic E-state index is 0.0903. The second-order valence-electron chi connectivity index (χ2n) is 4.29. The first-order valence-corrected chi connectivity index (χ1v) is 6.23. The van der Waals surface area contributed by atoms with Crippen LogP contribution in [0.25, 0.3) is 0 Å². The molecule has 2 heterocycles. The predicted molar refractivity (Wildman–Crippen MR) is 69.0 cm³/mol. The summed E-state index contributed by atoms with van der Waals surface area (Å²) in [4.78, 5) is 20.0. The largest absolute Gasteiger partial charge is 0.374 e. The van der Waals surface area contributed by atoms with Crippen molar-refractivity contribution in [1.82, 2.24) is 14.9 Å². The zero-order valence-corrected chi connectivity index (χ0v) is 10.8. The van der Waals surface area contributed by atoms with E-state index in [-0.39, 0.29) is 11.8 Å². The van der Waals surface area contributed by atoms with E-state index in [0.29, 0.717) is 12.5 Å². The average Bonchev–Trinajstić information content (AvgIpc) is 2.46. The number of nitrogens with one attached hydrogen (secondary N) is 1. The van der Waals surface area contributed by atoms with E-state index >= 15 is 0 Å². The molecule has 2 rings (SSSR count). The molecule has 0 aliphatic carbocycles. The average molecular weight is 267 g/mol. The maximum Gasteiger partial charge on any atom is 0.305 e. The van der Waals surface area contributed by atoms with Gasteiger partial charge < -0.3 is 10.1 Å². The van der Waals surface area contributed by atoms with E-state index in [0.717, 1.165) is 26.2 Å². The number of rotatable bonds is 5. The fourth-order valence-corrected chi connectivity index (χ4v) is 1.90. The van der Waals surface area contributed by atoms with Gasteiger partial charge in [-0.15, -0.1) is 0 Å². The molecule has 1 aliphatic rings. The molecule has 0 amide bonds. The summed E-state index contributed by atoms with van der Waals surface area (Å²) in [5.41, 5.74) is -0.114. The van der Waals surface area contributed by atoms with Gasteiger partial charge in [0.05, 0.1) is 17.6 Å². The van der Waals surface area contributed by atoms with Gasteiger partial charge in [-0.2, -0.15) is 0 Å². The first kappa shape index (κ1) is 13.6. The molecule has 0 aromatic carbocycles. The molecule has 1 aromatic heterocycles. The molecular formula is C11H17N5O3. The Morgan fingerprint density at radius 3 is 2.95 bits per heavy atom. The van der Waals surface area contributed by atoms with Crippen molar-refractivity contribution in [2.75, 3.05) is 38.1 Å². The Bertz CT molecular complexity index is 425. The van der Waals surface area contributed by atoms with Gasteiger partial charge in [0.15, 0.2) is 0 Å². The van der Waals surface area contributed by atoms with Crippen molar-refractivity contribution in [2.45, 2.75) is 13.0 Å². The number of nitro groups is 1. The first-order chi connectivity index (χ1) is 9.19. The lowest BCUT2D eigenvalue weighted by Crippen LogP contribution is -2.45. The summed E-state index contributed by atoms with van der Waals surface area (Å²) in [5, 5.41) is 13.5. The summed E-state index contributed by atoms with van der Waals surface area (Å²) in [7, 11) is 0. The van der Waals surface area contributed by atoms with Crippen LogP contribution < -0.4 is 5.32 Å². The van der Waals surface area contributed by atoms with Crippen molar-refractivity contribution in [1.29, 1.82) is 0 Å². The molecule has 0 bridgehead atoms. The molecule has 1 atom stereocenters. The van der Waals surface area contributed by atoms with Crippen LogP contribution in [0, 0.1) is 10.1 Å². The highest BCUT2D eigenvalue weighted by Crippen LogP contribution is 2.09. The van der Waals surface area contributed by atoms with Crippen LogP contribution in [0.15, 0.2) is 12.4 Å². The molecule has 8 nitrogen and oxygen atoms in total. The quantitative estimate of drug-likeness (QED) is 0.614. The Kier molecular flexibility index (Phi) is 4.58. The number of hydrogen-bond acceptors (Lipinski definition) is 7. The lowest BCUT2D eigenvalue weighted by atomic mass is 10.2. The summed E-state index contributed by atoms with van der Waals surface area (Å²) in [6, 6.07) is 0. The van der Waals surface area contributed by atoms with E-state index < -0.39 is 4.92 Å². The van der Waals surface area contributed by atoms with E-state index in [4.69, 9.17) is 4.74 Å². The Labute approximate surface area is 110 Å². The van der Waals surface area contributed by atoms with Crippen LogP contribution in [-0.4, -0.2) is 58.7 Å². The third-order valence-electron chi connectivity index (χ3n) is 3.01. The minimum atomic E-state index is -0.521. The van der Waals surface area contributed by atoms with Crippen LogP contribution in [0.2, 0.25) is 0 Å². The van der Waals surface area contributed by atoms with Gasteiger partial charge in [-0.3, -0.25) is 15.0 Å². The van der Waals surface area contributed by atoms with E-state index in [1.807, 2.05) is 0 Å². The number of likely N-dealkylation sites (N-methyl/N-ethyl adjacent to an activating group) is 1. The van der Waals surface area contributed by atoms with Crippen LogP contribution in [0.1, 0.15) is 6.92 Å². The fraction of sp³-hybridized carbons (Fsp3) is 0.636. The molecule has 1 saturated heterocycles. The summed E-state index contributed by atoms with van der Waals surface area (Å²) in [5.74, 6) is 0.378. The molecular weight excluding hydrogens is 250 g/mol. The van der Waals surface area contributed by atoms with E-state index in [1.165, 1.54) is 12.4 Å². The number of morpholine rings is 1. The molecule has 1 unspecified atom stereocenters. The molecule has 19 heavy (non-hydrogen) atoms. The molecule has 0 saturated carbocycles. The van der Waals surface area contributed by atoms with Crippen molar-refractivity contribution in [3.8, 4) is 0 Å². The smallest absolute Gasteiger partial charge is 0.305 e. The highest BCUT2D eigenvalue weighted by Gasteiger charge is 2.19. The monoisotopic (exact) mass is 267 g/mol. The Morgan fingerprint density at radius 2 is 2.32 bits per heavy atom. The normalized spacial score (nSPS) is 20.2. The highest BCUT2D eigenvalue weighted by molar-refractivity contribution is 5.30. The minimum Gasteiger partial charge on any atom is -0.374 e. The number of aromatic nitrogens is 2. The Morgan fingerprint density at radius 1 is 1.58 bits per heavy atom. The fourth-order valence-electron chi connectivity index (χ4n) is 1.90. The number of anilines is 1. The van der Waals surface area contributed by atoms with Crippen LogP contribution in [0.3, 0.4) is 0 Å². The van der Waals surface area contributed by atoms with Gasteiger partial charge in [0.1, 0.15) is 12.4 Å². The summed E-state index contributed by atoms with van der Waals surface area (Å²) >= 11 is 0. The molecule has 104 valence electrons. The summed E-state index contributed by atoms with van der Waals surface area (Å²) in [6.45, 7) is 6.27. The maximum absolute atomic E-state index is 10.5. The van der Waals surface area contributed by atoms with Gasteiger partial charge >= 0.3 is 5.69 Å². The van der Waals surface area contributed by atoms with Crippen LogP contribution >= 0.6 is 0 Å². The lowest BCUT2D eigenvalue weighted by Gasteiger charge is -2.32. The standard InChI is InChI=1S/C11H17N5O3/c1-2-15-3-4-19-10(8-15)7-14-11-12-5-9(6-13-11)16(17)18/h5-6,10H,2-4,7-8H2,1H3,(H,12,13,14). The third-order valence-corrected chi connectivity index (χ3v) is 3.01. The van der Waals surface area contributed by atoms with E-state index in [1.54, 1.807) is 0 Å². The van der Waals surface area contributed by atoms with Crippen LogP contribution in [-0.2, 0) is 4.74 Å². The summed E-state index contributed by atoms with van der Waals surface area (Å²) in [6.07, 6.45) is 2.47. The molecule has 0 radical (unpaired) electrons. The van der Waals surface area contributed by atoms with E-state index in [9.17, 15) is 10.1 Å². The van der Waals surface area contributed by atoms with Crippen molar-refractivity contribution in [2.24, 2.45) is 0 Å². The van der Waals surface area contributed by atoms with Gasteiger partial charge in [-0.1, -0.05) is 6.92 Å². The second kappa shape index (κ2) is 6.39. The number of hydrogen-bond donors (Lipinski definition) is 1. The Hall–Kier alpha value is -1.80. The third kappa shape index (κ3) is 3.83. The van der Waals surface area contributed by atoms with Crippen molar-refractivity contribution >= 4 is 11.6 Å². The first-order valence-electron chi connectivity index (χ1n) is 6.23. The van der Waals surface area contributed by atoms with Gasteiger partial charge in [0.25, 0.3) is 0 Å². The van der Waals surface area contributed by atoms with Crippen molar-refractivity contribution < 1.29 is 9.66 Å². The zero-order valence-electron chi connectivity index (χ0n) is 10.8. The molecule has 1 aromatic rings. The topological polar surface area (TPSA) is 93.4 Å². The van der Waals surface area contributed by atoms with Crippen LogP contribution in [0.5, 0.6) is 0 Å². The van der Waals surface area contributed by atoms with Crippen molar-refractivity contribution in [3.05, 3.63) is 22.5 Å². The van der Waals surface area contributed by atoms with Gasteiger partial charge in [0.2, 0.25) is 5.95 Å². The molecule has 1 fully saturated rings. The number of ether oxygens (including phenoxy) is 1. The highest BCUT2D eigenvalue weighted by atomic mass is 16.6. The summed E-state index contributed by atoms with van der Waals surface area (Å²) < 4.78 is 5.63. The Balaban J connectivity index is 1.83.